The molecule has 144 valence electrons. The first kappa shape index (κ1) is 20.1. The maximum Gasteiger partial charge on any atom is 0.291 e. The predicted molar refractivity (Wildman–Crippen MR) is 102 cm³/mol. The molecular formula is C20H24N2O5. The van der Waals surface area contributed by atoms with Gasteiger partial charge in [-0.3, -0.25) is 9.59 Å². The van der Waals surface area contributed by atoms with Gasteiger partial charge in [-0.1, -0.05) is 6.07 Å². The van der Waals surface area contributed by atoms with E-state index in [1.807, 2.05) is 13.8 Å². The molecule has 2 rings (SSSR count). The summed E-state index contributed by atoms with van der Waals surface area (Å²) in [5.74, 6) is 0.451. The second kappa shape index (κ2) is 9.47. The van der Waals surface area contributed by atoms with Crippen molar-refractivity contribution < 1.29 is 23.5 Å². The lowest BCUT2D eigenvalue weighted by molar-refractivity contribution is -0.127. The summed E-state index contributed by atoms with van der Waals surface area (Å²) >= 11 is 0. The van der Waals surface area contributed by atoms with Crippen LogP contribution in [0.2, 0.25) is 0 Å². The highest BCUT2D eigenvalue weighted by atomic mass is 16.5. The first-order valence-electron chi connectivity index (χ1n) is 8.61. The molecule has 1 heterocycles. The maximum absolute atomic E-state index is 12.8. The van der Waals surface area contributed by atoms with Crippen LogP contribution in [0.1, 0.15) is 30.0 Å². The summed E-state index contributed by atoms with van der Waals surface area (Å²) in [4.78, 5) is 26.8. The molecule has 2 aromatic rings. The van der Waals surface area contributed by atoms with Crippen LogP contribution >= 0.6 is 0 Å². The fourth-order valence-corrected chi connectivity index (χ4v) is 2.53. The van der Waals surface area contributed by atoms with Crippen molar-refractivity contribution in [3.63, 3.8) is 0 Å². The smallest absolute Gasteiger partial charge is 0.291 e. The molecule has 1 aromatic carbocycles. The van der Waals surface area contributed by atoms with Gasteiger partial charge in [0.25, 0.3) is 11.8 Å². The van der Waals surface area contributed by atoms with Crippen LogP contribution < -0.4 is 14.8 Å². The van der Waals surface area contributed by atoms with Crippen molar-refractivity contribution in [2.75, 3.05) is 27.3 Å². The molecule has 0 aliphatic carbocycles. The number of rotatable bonds is 8. The molecule has 2 amide bonds. The quantitative estimate of drug-likeness (QED) is 0.721. The lowest BCUT2D eigenvalue weighted by Gasteiger charge is -2.20. The van der Waals surface area contributed by atoms with E-state index in [9.17, 15) is 9.59 Å². The van der Waals surface area contributed by atoms with Gasteiger partial charge in [0.1, 0.15) is 5.70 Å². The third-order valence-electron chi connectivity index (χ3n) is 3.99. The summed E-state index contributed by atoms with van der Waals surface area (Å²) in [6.45, 7) is 4.80. The summed E-state index contributed by atoms with van der Waals surface area (Å²) < 4.78 is 15.6. The predicted octanol–water partition coefficient (Wildman–Crippen LogP) is 2.94. The molecule has 1 N–H and O–H groups in total. The standard InChI is InChI=1S/C20H24N2O5/c1-5-22(6-2)20(24)15(21-19(23)17-8-7-11-27-17)12-14-9-10-16(25-3)18(13-14)26-4/h7-13H,5-6H2,1-4H3,(H,21,23). The number of likely N-dealkylation sites (N-methyl/N-ethyl adjacent to an activating group) is 1. The van der Waals surface area contributed by atoms with E-state index in [2.05, 4.69) is 5.32 Å². The van der Waals surface area contributed by atoms with Crippen LogP contribution in [0.25, 0.3) is 6.08 Å². The highest BCUT2D eigenvalue weighted by molar-refractivity contribution is 6.04. The number of carbonyl (C=O) groups is 2. The molecule has 27 heavy (non-hydrogen) atoms. The Bertz CT molecular complexity index is 808. The van der Waals surface area contributed by atoms with Gasteiger partial charge >= 0.3 is 0 Å². The molecular weight excluding hydrogens is 348 g/mol. The second-order valence-electron chi connectivity index (χ2n) is 5.58. The summed E-state index contributed by atoms with van der Waals surface area (Å²) in [7, 11) is 3.08. The number of hydrogen-bond acceptors (Lipinski definition) is 5. The van der Waals surface area contributed by atoms with E-state index < -0.39 is 5.91 Å². The van der Waals surface area contributed by atoms with Crippen LogP contribution in [0.4, 0.5) is 0 Å². The van der Waals surface area contributed by atoms with E-state index in [1.54, 1.807) is 42.4 Å². The van der Waals surface area contributed by atoms with Gasteiger partial charge in [0.05, 0.1) is 20.5 Å². The van der Waals surface area contributed by atoms with Crippen molar-refractivity contribution in [2.45, 2.75) is 13.8 Å². The monoisotopic (exact) mass is 372 g/mol. The Balaban J connectivity index is 2.40. The Morgan fingerprint density at radius 2 is 1.81 bits per heavy atom. The van der Waals surface area contributed by atoms with Crippen LogP contribution in [-0.4, -0.2) is 44.0 Å². The fourth-order valence-electron chi connectivity index (χ4n) is 2.53. The zero-order valence-corrected chi connectivity index (χ0v) is 15.9. The zero-order chi connectivity index (χ0) is 19.8. The average molecular weight is 372 g/mol. The van der Waals surface area contributed by atoms with E-state index in [1.165, 1.54) is 19.4 Å². The Kier molecular flexibility index (Phi) is 7.05. The molecule has 0 aliphatic heterocycles. The van der Waals surface area contributed by atoms with E-state index in [-0.39, 0.29) is 17.4 Å². The number of amides is 2. The molecule has 7 nitrogen and oxygen atoms in total. The van der Waals surface area contributed by atoms with E-state index in [0.717, 1.165) is 0 Å². The number of furan rings is 1. The van der Waals surface area contributed by atoms with Crippen LogP contribution in [0.5, 0.6) is 11.5 Å². The molecule has 0 bridgehead atoms. The minimum absolute atomic E-state index is 0.126. The van der Waals surface area contributed by atoms with Crippen LogP contribution in [0, 0.1) is 0 Å². The minimum atomic E-state index is -0.493. The molecule has 0 saturated carbocycles. The number of benzene rings is 1. The van der Waals surface area contributed by atoms with Crippen molar-refractivity contribution in [2.24, 2.45) is 0 Å². The Labute approximate surface area is 158 Å². The molecule has 0 saturated heterocycles. The second-order valence-corrected chi connectivity index (χ2v) is 5.58. The van der Waals surface area contributed by atoms with Gasteiger partial charge < -0.3 is 24.1 Å². The average Bonchev–Trinajstić information content (AvgIpc) is 3.23. The van der Waals surface area contributed by atoms with Crippen LogP contribution in [0.3, 0.4) is 0 Å². The van der Waals surface area contributed by atoms with Crippen molar-refractivity contribution in [1.29, 1.82) is 0 Å². The Hall–Kier alpha value is -3.22. The molecule has 0 unspecified atom stereocenters. The van der Waals surface area contributed by atoms with Gasteiger partial charge in [0.15, 0.2) is 17.3 Å². The fraction of sp³-hybridized carbons (Fsp3) is 0.300. The van der Waals surface area contributed by atoms with Crippen molar-refractivity contribution in [3.05, 3.63) is 53.6 Å². The van der Waals surface area contributed by atoms with Gasteiger partial charge in [-0.25, -0.2) is 0 Å². The van der Waals surface area contributed by atoms with Gasteiger partial charge in [0, 0.05) is 13.1 Å². The topological polar surface area (TPSA) is 81.0 Å². The van der Waals surface area contributed by atoms with E-state index in [0.29, 0.717) is 30.2 Å². The molecule has 0 aliphatic rings. The lowest BCUT2D eigenvalue weighted by Crippen LogP contribution is -2.38. The van der Waals surface area contributed by atoms with E-state index in [4.69, 9.17) is 13.9 Å². The molecule has 0 radical (unpaired) electrons. The highest BCUT2D eigenvalue weighted by Crippen LogP contribution is 2.28. The number of nitrogens with zero attached hydrogens (tertiary/aromatic N) is 1. The largest absolute Gasteiger partial charge is 0.493 e. The summed E-state index contributed by atoms with van der Waals surface area (Å²) in [5.41, 5.74) is 0.829. The Morgan fingerprint density at radius 3 is 2.37 bits per heavy atom. The molecule has 0 spiro atoms. The molecule has 1 aromatic heterocycles. The number of hydrogen-bond donors (Lipinski definition) is 1. The third kappa shape index (κ3) is 4.91. The van der Waals surface area contributed by atoms with Crippen LogP contribution in [-0.2, 0) is 4.79 Å². The molecule has 0 atom stereocenters. The van der Waals surface area contributed by atoms with Gasteiger partial charge in [0.2, 0.25) is 0 Å². The highest BCUT2D eigenvalue weighted by Gasteiger charge is 2.20. The molecule has 7 heteroatoms. The normalized spacial score (nSPS) is 11.0. The number of carbonyl (C=O) groups excluding carboxylic acids is 2. The first-order chi connectivity index (χ1) is 13.0. The minimum Gasteiger partial charge on any atom is -0.493 e. The number of nitrogens with one attached hydrogen (secondary N) is 1. The number of methoxy groups -OCH3 is 2. The first-order valence-corrected chi connectivity index (χ1v) is 8.61. The third-order valence-corrected chi connectivity index (χ3v) is 3.99. The molecule has 0 fully saturated rings. The SMILES string of the molecule is CCN(CC)C(=O)C(=Cc1ccc(OC)c(OC)c1)NC(=O)c1ccco1. The number of ether oxygens (including phenoxy) is 2. The van der Waals surface area contributed by atoms with Gasteiger partial charge in [-0.2, -0.15) is 0 Å². The van der Waals surface area contributed by atoms with Gasteiger partial charge in [-0.15, -0.1) is 0 Å². The summed E-state index contributed by atoms with van der Waals surface area (Å²) in [6, 6.07) is 8.38. The Morgan fingerprint density at radius 1 is 1.11 bits per heavy atom. The van der Waals surface area contributed by atoms with Crippen molar-refractivity contribution >= 4 is 17.9 Å². The maximum atomic E-state index is 12.8. The summed E-state index contributed by atoms with van der Waals surface area (Å²) in [5, 5.41) is 2.65. The van der Waals surface area contributed by atoms with Crippen molar-refractivity contribution in [1.82, 2.24) is 10.2 Å². The zero-order valence-electron chi connectivity index (χ0n) is 15.9. The van der Waals surface area contributed by atoms with E-state index >= 15 is 0 Å². The van der Waals surface area contributed by atoms with Crippen molar-refractivity contribution in [3.8, 4) is 11.5 Å². The lowest BCUT2D eigenvalue weighted by atomic mass is 10.1. The van der Waals surface area contributed by atoms with Gasteiger partial charge in [-0.05, 0) is 49.8 Å². The van der Waals surface area contributed by atoms with Crippen LogP contribution in [0.15, 0.2) is 46.7 Å². The summed E-state index contributed by atoms with van der Waals surface area (Å²) in [6.07, 6.45) is 3.00.